The molecule has 5 heteroatoms. The number of nitrogens with one attached hydrogen (secondary N) is 1. The first kappa shape index (κ1) is 15.2. The highest BCUT2D eigenvalue weighted by Crippen LogP contribution is 2.20. The minimum absolute atomic E-state index is 0.569. The second-order valence-corrected chi connectivity index (χ2v) is 6.05. The van der Waals surface area contributed by atoms with Crippen molar-refractivity contribution in [3.8, 4) is 11.1 Å². The van der Waals surface area contributed by atoms with Crippen molar-refractivity contribution in [2.24, 2.45) is 0 Å². The summed E-state index contributed by atoms with van der Waals surface area (Å²) in [6, 6.07) is 20.7. The number of anilines is 2. The van der Waals surface area contributed by atoms with E-state index in [2.05, 4.69) is 63.9 Å². The first-order valence-electron chi connectivity index (χ1n) is 8.20. The molecule has 0 aliphatic heterocycles. The molecule has 2 aromatic heterocycles. The third kappa shape index (κ3) is 3.04. The predicted octanol–water partition coefficient (Wildman–Crippen LogP) is 3.90. The van der Waals surface area contributed by atoms with Gasteiger partial charge in [-0.1, -0.05) is 54.6 Å². The lowest BCUT2D eigenvalue weighted by atomic mass is 10.0. The Morgan fingerprint density at radius 2 is 1.72 bits per heavy atom. The molecule has 4 rings (SSSR count). The van der Waals surface area contributed by atoms with Gasteiger partial charge in [-0.25, -0.2) is 4.98 Å². The van der Waals surface area contributed by atoms with Crippen LogP contribution in [0.3, 0.4) is 0 Å². The lowest BCUT2D eigenvalue weighted by Crippen LogP contribution is -2.06. The molecular weight excluding hydrogens is 310 g/mol. The molecule has 0 saturated carbocycles. The second kappa shape index (κ2) is 6.28. The maximum atomic E-state index is 6.04. The van der Waals surface area contributed by atoms with E-state index in [9.17, 15) is 0 Å². The van der Waals surface area contributed by atoms with Crippen molar-refractivity contribution < 1.29 is 0 Å². The fraction of sp³-hybridized carbons (Fsp3) is 0.100. The second-order valence-electron chi connectivity index (χ2n) is 6.05. The van der Waals surface area contributed by atoms with Gasteiger partial charge in [0.15, 0.2) is 5.65 Å². The lowest BCUT2D eigenvalue weighted by Gasteiger charge is -2.09. The Balaban J connectivity index is 1.51. The van der Waals surface area contributed by atoms with Crippen LogP contribution in [-0.4, -0.2) is 14.6 Å². The molecular formula is C20H19N5. The van der Waals surface area contributed by atoms with Crippen molar-refractivity contribution in [3.63, 3.8) is 0 Å². The summed E-state index contributed by atoms with van der Waals surface area (Å²) in [7, 11) is 0. The Kier molecular flexibility index (Phi) is 3.82. The maximum absolute atomic E-state index is 6.04. The molecule has 0 bridgehead atoms. The SMILES string of the molecule is Cc1cnn2c(N)cc(NCc3ccc(-c4ccccc4)cc3)nc12. The average Bonchev–Trinajstić information content (AvgIpc) is 3.03. The van der Waals surface area contributed by atoms with Gasteiger partial charge < -0.3 is 11.1 Å². The number of fused-ring (bicyclic) bond motifs is 1. The van der Waals surface area contributed by atoms with Gasteiger partial charge in [-0.2, -0.15) is 9.61 Å². The van der Waals surface area contributed by atoms with Crippen LogP contribution < -0.4 is 11.1 Å². The number of aryl methyl sites for hydroxylation is 1. The zero-order valence-electron chi connectivity index (χ0n) is 14.0. The first-order valence-corrected chi connectivity index (χ1v) is 8.20. The summed E-state index contributed by atoms with van der Waals surface area (Å²) in [5.41, 5.74) is 11.4. The molecule has 2 heterocycles. The van der Waals surface area contributed by atoms with E-state index in [1.165, 1.54) is 16.7 Å². The molecule has 0 aliphatic rings. The number of nitrogen functional groups attached to an aromatic ring is 1. The predicted molar refractivity (Wildman–Crippen MR) is 101 cm³/mol. The van der Waals surface area contributed by atoms with Crippen molar-refractivity contribution in [1.82, 2.24) is 14.6 Å². The molecule has 0 amide bonds. The standard InChI is InChI=1S/C20H19N5/c1-14-12-23-25-18(21)11-19(24-20(14)25)22-13-15-7-9-17(10-8-15)16-5-3-2-4-6-16/h2-12H,13,21H2,1H3,(H,22,24). The molecule has 0 radical (unpaired) electrons. The summed E-state index contributed by atoms with van der Waals surface area (Å²) in [6.07, 6.45) is 1.77. The average molecular weight is 329 g/mol. The Morgan fingerprint density at radius 3 is 2.48 bits per heavy atom. The quantitative estimate of drug-likeness (QED) is 0.596. The highest BCUT2D eigenvalue weighted by Gasteiger charge is 2.07. The Labute approximate surface area is 146 Å². The molecule has 0 aliphatic carbocycles. The minimum Gasteiger partial charge on any atom is -0.383 e. The van der Waals surface area contributed by atoms with Crippen LogP contribution in [0.15, 0.2) is 66.9 Å². The molecule has 0 saturated heterocycles. The van der Waals surface area contributed by atoms with Crippen LogP contribution in [0.1, 0.15) is 11.1 Å². The number of hydrogen-bond donors (Lipinski definition) is 2. The summed E-state index contributed by atoms with van der Waals surface area (Å²) in [5, 5.41) is 7.56. The number of nitrogens with zero attached hydrogens (tertiary/aromatic N) is 3. The number of hydrogen-bond acceptors (Lipinski definition) is 4. The summed E-state index contributed by atoms with van der Waals surface area (Å²) >= 11 is 0. The highest BCUT2D eigenvalue weighted by molar-refractivity contribution is 5.63. The molecule has 4 aromatic rings. The summed E-state index contributed by atoms with van der Waals surface area (Å²) < 4.78 is 1.65. The van der Waals surface area contributed by atoms with E-state index in [1.807, 2.05) is 13.0 Å². The number of nitrogens with two attached hydrogens (primary N) is 1. The van der Waals surface area contributed by atoms with Gasteiger partial charge in [-0.05, 0) is 23.6 Å². The van der Waals surface area contributed by atoms with E-state index in [4.69, 9.17) is 5.73 Å². The molecule has 5 nitrogen and oxygen atoms in total. The fourth-order valence-electron chi connectivity index (χ4n) is 2.82. The van der Waals surface area contributed by atoms with Crippen molar-refractivity contribution in [3.05, 3.63) is 78.0 Å². The van der Waals surface area contributed by atoms with E-state index < -0.39 is 0 Å². The summed E-state index contributed by atoms with van der Waals surface area (Å²) in [6.45, 7) is 2.66. The molecule has 0 fully saturated rings. The van der Waals surface area contributed by atoms with E-state index in [0.29, 0.717) is 12.4 Å². The molecule has 0 atom stereocenters. The molecule has 124 valence electrons. The normalized spacial score (nSPS) is 10.9. The lowest BCUT2D eigenvalue weighted by molar-refractivity contribution is 0.949. The van der Waals surface area contributed by atoms with Gasteiger partial charge in [-0.3, -0.25) is 0 Å². The van der Waals surface area contributed by atoms with Gasteiger partial charge in [0, 0.05) is 18.2 Å². The molecule has 3 N–H and O–H groups in total. The molecule has 2 aromatic carbocycles. The fourth-order valence-corrected chi connectivity index (χ4v) is 2.82. The third-order valence-electron chi connectivity index (χ3n) is 4.21. The maximum Gasteiger partial charge on any atom is 0.162 e. The zero-order valence-corrected chi connectivity index (χ0v) is 14.0. The zero-order chi connectivity index (χ0) is 17.2. The van der Waals surface area contributed by atoms with E-state index in [0.717, 1.165) is 17.0 Å². The monoisotopic (exact) mass is 329 g/mol. The van der Waals surface area contributed by atoms with Crippen LogP contribution in [-0.2, 0) is 6.54 Å². The van der Waals surface area contributed by atoms with Crippen molar-refractivity contribution in [1.29, 1.82) is 0 Å². The first-order chi connectivity index (χ1) is 12.2. The topological polar surface area (TPSA) is 68.2 Å². The van der Waals surface area contributed by atoms with Crippen LogP contribution >= 0.6 is 0 Å². The Morgan fingerprint density at radius 1 is 1.00 bits per heavy atom. The van der Waals surface area contributed by atoms with Crippen LogP contribution in [0.25, 0.3) is 16.8 Å². The van der Waals surface area contributed by atoms with Gasteiger partial charge in [0.05, 0.1) is 6.20 Å². The van der Waals surface area contributed by atoms with Crippen molar-refractivity contribution >= 4 is 17.3 Å². The number of rotatable bonds is 4. The van der Waals surface area contributed by atoms with Gasteiger partial charge in [0.1, 0.15) is 11.6 Å². The largest absolute Gasteiger partial charge is 0.383 e. The van der Waals surface area contributed by atoms with Crippen LogP contribution in [0, 0.1) is 6.92 Å². The smallest absolute Gasteiger partial charge is 0.162 e. The van der Waals surface area contributed by atoms with Gasteiger partial charge >= 0.3 is 0 Å². The van der Waals surface area contributed by atoms with E-state index in [1.54, 1.807) is 16.8 Å². The van der Waals surface area contributed by atoms with Crippen LogP contribution in [0.4, 0.5) is 11.6 Å². The number of benzene rings is 2. The summed E-state index contributed by atoms with van der Waals surface area (Å²) in [4.78, 5) is 4.59. The molecule has 25 heavy (non-hydrogen) atoms. The van der Waals surface area contributed by atoms with Gasteiger partial charge in [-0.15, -0.1) is 0 Å². The van der Waals surface area contributed by atoms with E-state index >= 15 is 0 Å². The van der Waals surface area contributed by atoms with Crippen molar-refractivity contribution in [2.75, 3.05) is 11.1 Å². The Bertz CT molecular complexity index is 1000. The van der Waals surface area contributed by atoms with Gasteiger partial charge in [0.2, 0.25) is 0 Å². The van der Waals surface area contributed by atoms with E-state index in [-0.39, 0.29) is 0 Å². The summed E-state index contributed by atoms with van der Waals surface area (Å²) in [5.74, 6) is 1.32. The van der Waals surface area contributed by atoms with Gasteiger partial charge in [0.25, 0.3) is 0 Å². The van der Waals surface area contributed by atoms with Crippen molar-refractivity contribution in [2.45, 2.75) is 13.5 Å². The van der Waals surface area contributed by atoms with Crippen LogP contribution in [0.5, 0.6) is 0 Å². The van der Waals surface area contributed by atoms with Crippen LogP contribution in [0.2, 0.25) is 0 Å². The number of aromatic nitrogens is 3. The highest BCUT2D eigenvalue weighted by atomic mass is 15.3. The minimum atomic E-state index is 0.569. The molecule has 0 spiro atoms. The third-order valence-corrected chi connectivity index (χ3v) is 4.21. The Hall–Kier alpha value is -3.34. The molecule has 0 unspecified atom stereocenters.